The van der Waals surface area contributed by atoms with E-state index >= 15 is 0 Å². The minimum atomic E-state index is -1.10. The first kappa shape index (κ1) is 95.9. The van der Waals surface area contributed by atoms with Crippen molar-refractivity contribution in [2.24, 2.45) is 9.98 Å². The third-order valence-electron chi connectivity index (χ3n) is 21.6. The van der Waals surface area contributed by atoms with Crippen molar-refractivity contribution in [3.8, 4) is 21.5 Å². The van der Waals surface area contributed by atoms with Gasteiger partial charge in [-0.05, 0) is 126 Å². The summed E-state index contributed by atoms with van der Waals surface area (Å²) in [6.07, 6.45) is 13.6. The summed E-state index contributed by atoms with van der Waals surface area (Å²) in [7, 11) is 1.33. The number of rotatable bonds is 33. The van der Waals surface area contributed by atoms with E-state index in [1.807, 2.05) is 47.2 Å². The molecular weight excluding hydrogens is 1700 g/mol. The number of ketones is 1. The van der Waals surface area contributed by atoms with Crippen LogP contribution in [0.4, 0.5) is 0 Å². The lowest BCUT2D eigenvalue weighted by Gasteiger charge is -2.27. The summed E-state index contributed by atoms with van der Waals surface area (Å²) in [4.78, 5) is 187. The smallest absolute Gasteiger partial charge is 0.346 e. The first-order valence-corrected chi connectivity index (χ1v) is 43.3. The van der Waals surface area contributed by atoms with E-state index in [1.54, 1.807) is 44.2 Å². The average Bonchev–Trinajstić information content (AvgIpc) is 1.64. The average molecular weight is 1800 g/mol. The van der Waals surface area contributed by atoms with E-state index in [1.165, 1.54) is 81.4 Å². The van der Waals surface area contributed by atoms with Crippen molar-refractivity contribution >= 4 is 140 Å². The zero-order valence-corrected chi connectivity index (χ0v) is 72.4. The number of ether oxygens (including phenoxy) is 3. The van der Waals surface area contributed by atoms with Gasteiger partial charge in [0.1, 0.15) is 68.0 Å². The van der Waals surface area contributed by atoms with E-state index in [2.05, 4.69) is 53.9 Å². The molecule has 6 aliphatic heterocycles. The molecule has 0 bridgehead atoms. The second-order valence-electron chi connectivity index (χ2n) is 30.4. The van der Waals surface area contributed by atoms with Gasteiger partial charge in [0.15, 0.2) is 24.9 Å². The Balaban J connectivity index is 0.000000217. The van der Waals surface area contributed by atoms with Crippen molar-refractivity contribution in [2.45, 2.75) is 203 Å². The lowest BCUT2D eigenvalue weighted by Crippen LogP contribution is -2.54. The highest BCUT2D eigenvalue weighted by Crippen LogP contribution is 2.44. The predicted octanol–water partition coefficient (Wildman–Crippen LogP) is 12.5. The first-order chi connectivity index (χ1) is 59.6. The molecule has 2 fully saturated rings. The Bertz CT molecular complexity index is 5600. The number of aromatic nitrogens is 6. The lowest BCUT2D eigenvalue weighted by molar-refractivity contribution is -0.141. The molecule has 37 heteroatoms. The van der Waals surface area contributed by atoms with Crippen molar-refractivity contribution in [3.05, 3.63) is 184 Å². The van der Waals surface area contributed by atoms with Gasteiger partial charge < -0.3 is 35.3 Å². The van der Waals surface area contributed by atoms with Crippen LogP contribution in [0.3, 0.4) is 0 Å². The molecule has 4 atom stereocenters. The van der Waals surface area contributed by atoms with Gasteiger partial charge in [-0.1, -0.05) is 146 Å². The molecule has 2 saturated heterocycles. The molecule has 0 saturated carbocycles. The number of Topliss-reactive ketones (excluding diaryl/α,β-unsaturated/α-hetero) is 1. The number of carbonyl (C=O) groups is 14. The number of hydrogen-bond acceptors (Lipinski definition) is 25. The fourth-order valence-corrected chi connectivity index (χ4v) is 18.1. The second kappa shape index (κ2) is 43.5. The molecule has 0 radical (unpaired) electrons. The van der Waals surface area contributed by atoms with Crippen molar-refractivity contribution in [1.29, 1.82) is 0 Å². The summed E-state index contributed by atoms with van der Waals surface area (Å²) >= 11 is 14.8. The molecule has 14 rings (SSSR count). The zero-order chi connectivity index (χ0) is 88.7. The monoisotopic (exact) mass is 1800 g/mol. The molecule has 8 aromatic rings. The Kier molecular flexibility index (Phi) is 33.1. The van der Waals surface area contributed by atoms with Gasteiger partial charge >= 0.3 is 11.9 Å². The van der Waals surface area contributed by atoms with Crippen LogP contribution in [0.5, 0.6) is 11.5 Å². The van der Waals surface area contributed by atoms with Crippen molar-refractivity contribution in [3.63, 3.8) is 0 Å². The number of fused-ring (bicyclic) bond motifs is 8. The number of methoxy groups -OCH3 is 1. The summed E-state index contributed by atoms with van der Waals surface area (Å²) in [5.74, 6) is -4.85. The molecule has 4 aromatic heterocycles. The van der Waals surface area contributed by atoms with Crippen LogP contribution >= 0.6 is 45.9 Å². The van der Waals surface area contributed by atoms with Gasteiger partial charge in [-0.2, -0.15) is 0 Å². The first-order valence-electron chi connectivity index (χ1n) is 40.9. The van der Waals surface area contributed by atoms with Crippen LogP contribution < -0.4 is 36.1 Å². The number of aryl methyl sites for hydroxylation is 2. The number of benzene rings is 4. The molecule has 2 unspecified atom stereocenters. The SMILES string of the molecule is C.C.CC(=O)C[C@H]1N=C(c2ccc(Cl)cc2)c2c(sc(C(=O)O)c2C)-n2c(C)nnc21.CCCCCCCCCNC(=O)COc1cccc2c1C(=O)N(C1CCC(=O)NC1=O)C2=O.COC(=O)C[C@@H]1N=C(c2ccc(Cl)cc2)c2c(sc(C(=O)NCCCCCCCCNC(=O)COc3cccc4c3C(=O)N(C3CCC(=O)NC3=O)C4=O)c2C)-n2c(C)nnc21. The number of halogens is 2. The standard InChI is InChI=1S/C43H45ClN8O9S.C24H31N3O6.C20H17ClN4O3S.2CH4/c1-23-34-36(25-13-15-26(44)16-14-25)47-28(21-33(55)60-3)38-50-49-24(2)51(38)43(34)62-37(23)40(57)46-20-9-7-5-4-6-8-19-45-32(54)22-61-30-12-10-11-27-35(30)42(59)52(41(27)58)29-17-18-31(53)48-39(29)56;1-2-3-4-5-6-7-8-14-25-20(29)15-33-18-11-9-10-16-21(18)24(32)27(23(16)31)17-12-13-19(28)26-22(17)30;1-9(26)8-14-18-24-23-11(3)25(18)19-15(10(2)17(29-19)20(27)28)16(22-14)12-4-6-13(21)7-5-12;;/h10-16,28-29H,4-9,17-22H2,1-3H3,(H,45,54)(H,46,57)(H,48,53,56);9-11,17H,2-8,12-15H2,1H3,(H,25,29)(H,26,28,30);4-7,14H,8H2,1-3H3,(H,27,28);2*1H4/t28-,29?;;14-;;/m0.1../s1. The number of aromatic carboxylic acids is 1. The van der Waals surface area contributed by atoms with Crippen LogP contribution in [0.2, 0.25) is 10.0 Å². The summed E-state index contributed by atoms with van der Waals surface area (Å²) in [5.41, 5.74) is 5.85. The van der Waals surface area contributed by atoms with E-state index in [0.29, 0.717) is 85.4 Å². The second-order valence-corrected chi connectivity index (χ2v) is 33.2. The summed E-state index contributed by atoms with van der Waals surface area (Å²) in [6, 6.07) is 20.2. The van der Waals surface area contributed by atoms with Crippen LogP contribution in [0.25, 0.3) is 10.0 Å². The molecule has 6 aliphatic rings. The summed E-state index contributed by atoms with van der Waals surface area (Å²) < 4.78 is 19.9. The number of imide groups is 4. The number of esters is 1. The number of aliphatic imine (C=N–C) groups is 2. The minimum absolute atomic E-state index is 0. The Morgan fingerprint density at radius 1 is 0.508 bits per heavy atom. The van der Waals surface area contributed by atoms with E-state index < -0.39 is 83.4 Å². The molecule has 33 nitrogen and oxygen atoms in total. The van der Waals surface area contributed by atoms with E-state index in [-0.39, 0.29) is 129 Å². The summed E-state index contributed by atoms with van der Waals surface area (Å²) in [5, 5.41) is 42.4. The summed E-state index contributed by atoms with van der Waals surface area (Å²) in [6.45, 7) is 11.8. The maximum Gasteiger partial charge on any atom is 0.346 e. The maximum atomic E-state index is 13.6. The molecule has 666 valence electrons. The van der Waals surface area contributed by atoms with E-state index in [9.17, 15) is 72.2 Å². The fourth-order valence-electron chi connectivity index (χ4n) is 15.4. The number of unbranched alkanes of at least 4 members (excludes halogenated alkanes) is 11. The van der Waals surface area contributed by atoms with Gasteiger partial charge in [-0.15, -0.1) is 43.1 Å². The highest BCUT2D eigenvalue weighted by atomic mass is 35.5. The third kappa shape index (κ3) is 21.8. The molecule has 0 aliphatic carbocycles. The van der Waals surface area contributed by atoms with Crippen LogP contribution in [-0.2, 0) is 43.1 Å². The molecule has 6 N–H and O–H groups in total. The minimum Gasteiger partial charge on any atom is -0.483 e. The van der Waals surface area contributed by atoms with Gasteiger partial charge in [0.2, 0.25) is 23.6 Å². The fraction of sp³-hybridized carbons (Fsp3) is 0.416. The number of nitrogens with one attached hydrogen (secondary N) is 5. The van der Waals surface area contributed by atoms with Gasteiger partial charge in [0, 0.05) is 71.2 Å². The Morgan fingerprint density at radius 2 is 0.905 bits per heavy atom. The Labute approximate surface area is 745 Å². The third-order valence-corrected chi connectivity index (χ3v) is 24.6. The molecule has 4 aromatic carbocycles. The Morgan fingerprint density at radius 3 is 1.31 bits per heavy atom. The van der Waals surface area contributed by atoms with E-state index in [4.69, 9.17) is 47.4 Å². The van der Waals surface area contributed by atoms with Crippen LogP contribution in [-0.4, -0.2) is 191 Å². The molecule has 11 amide bonds. The zero-order valence-electron chi connectivity index (χ0n) is 69.3. The number of carbonyl (C=O) groups excluding carboxylic acids is 13. The Hall–Kier alpha value is -12.3. The van der Waals surface area contributed by atoms with Crippen LogP contribution in [0.15, 0.2) is 94.9 Å². The number of nitrogens with zero attached hydrogens (tertiary/aromatic N) is 10. The molecule has 10 heterocycles. The van der Waals surface area contributed by atoms with Gasteiger partial charge in [-0.3, -0.25) is 102 Å². The number of piperidine rings is 2. The largest absolute Gasteiger partial charge is 0.483 e. The van der Waals surface area contributed by atoms with Gasteiger partial charge in [0.25, 0.3) is 41.4 Å². The molecular formula is C89H101Cl2N15O18S2. The van der Waals surface area contributed by atoms with Crippen molar-refractivity contribution in [2.75, 3.05) is 40.0 Å². The highest BCUT2D eigenvalue weighted by molar-refractivity contribution is 7.17. The van der Waals surface area contributed by atoms with E-state index in [0.717, 1.165) is 106 Å². The van der Waals surface area contributed by atoms with Crippen molar-refractivity contribution < 1.29 is 86.4 Å². The number of hydrogen-bond donors (Lipinski definition) is 6. The van der Waals surface area contributed by atoms with Gasteiger partial charge in [-0.25, -0.2) is 4.79 Å². The van der Waals surface area contributed by atoms with Gasteiger partial charge in [0.05, 0.1) is 52.1 Å². The van der Waals surface area contributed by atoms with Crippen LogP contribution in [0.1, 0.15) is 280 Å². The number of amides is 11. The van der Waals surface area contributed by atoms with Crippen molar-refractivity contribution in [1.82, 2.24) is 65.9 Å². The molecule has 0 spiro atoms. The molecule has 126 heavy (non-hydrogen) atoms. The number of thiophene rings is 2. The topological polar surface area (TPSA) is 440 Å². The lowest BCUT2D eigenvalue weighted by atomic mass is 9.99. The number of carboxylic acid groups (broad SMARTS) is 1. The maximum absolute atomic E-state index is 13.6. The highest BCUT2D eigenvalue weighted by Gasteiger charge is 2.48. The predicted molar refractivity (Wildman–Crippen MR) is 471 cm³/mol. The van der Waals surface area contributed by atoms with Crippen LogP contribution in [0, 0.1) is 27.7 Å². The number of carboxylic acids is 1. The normalized spacial score (nSPS) is 16.4. The quantitative estimate of drug-likeness (QED) is 0.0126.